The number of benzene rings is 1. The van der Waals surface area contributed by atoms with Crippen LogP contribution in [0.3, 0.4) is 0 Å². The zero-order valence-corrected chi connectivity index (χ0v) is 36.6. The summed E-state index contributed by atoms with van der Waals surface area (Å²) in [5.74, 6) is 0.136. The van der Waals surface area contributed by atoms with Crippen molar-refractivity contribution in [1.29, 1.82) is 0 Å². The summed E-state index contributed by atoms with van der Waals surface area (Å²) in [6.45, 7) is 21.0. The van der Waals surface area contributed by atoms with Gasteiger partial charge in [-0.2, -0.15) is 0 Å². The topological polar surface area (TPSA) is 133 Å². The van der Waals surface area contributed by atoms with E-state index in [2.05, 4.69) is 65.9 Å². The van der Waals surface area contributed by atoms with E-state index in [1.165, 1.54) is 17.8 Å². The van der Waals surface area contributed by atoms with E-state index in [9.17, 15) is 14.4 Å². The molecule has 1 aliphatic heterocycles. The molecule has 1 fully saturated rings. The van der Waals surface area contributed by atoms with Crippen LogP contribution < -0.4 is 25.8 Å². The van der Waals surface area contributed by atoms with E-state index in [1.54, 1.807) is 29.0 Å². The molecule has 1 aliphatic rings. The Morgan fingerprint density at radius 2 is 1.78 bits per heavy atom. The highest BCUT2D eigenvalue weighted by Crippen LogP contribution is 2.38. The molecule has 0 unspecified atom stereocenters. The van der Waals surface area contributed by atoms with Crippen molar-refractivity contribution in [3.63, 3.8) is 0 Å². The van der Waals surface area contributed by atoms with Crippen molar-refractivity contribution >= 4 is 77.2 Å². The predicted octanol–water partition coefficient (Wildman–Crippen LogP) is 8.28. The number of rotatable bonds is 12. The number of hydrogen-bond acceptors (Lipinski definition) is 8. The Balaban J connectivity index is 1.56. The van der Waals surface area contributed by atoms with Crippen LogP contribution in [0.5, 0.6) is 5.75 Å². The van der Waals surface area contributed by atoms with Crippen LogP contribution in [-0.4, -0.2) is 76.9 Å². The molecule has 0 saturated carbocycles. The SMILES string of the molecule is C[C@H]1COCCN1c1cc(NC(=O)Cn2cc(-c3cc(Cl)c(OCC[Si](C)(C)C)c(C(=O)NC(C)(C)CC(C)(C)C)c3)c3c(=O)n(C)c(Cl)nc32)c(Cl)cn1. The van der Waals surface area contributed by atoms with E-state index in [4.69, 9.17) is 44.3 Å². The fourth-order valence-electron chi connectivity index (χ4n) is 6.99. The Hall–Kier alpha value is -3.62. The summed E-state index contributed by atoms with van der Waals surface area (Å²) in [4.78, 5) is 52.8. The van der Waals surface area contributed by atoms with Gasteiger partial charge >= 0.3 is 0 Å². The van der Waals surface area contributed by atoms with Crippen LogP contribution in [-0.2, 0) is 23.1 Å². The number of nitrogens with one attached hydrogen (secondary N) is 2. The second-order valence-corrected chi connectivity index (χ2v) is 24.1. The minimum Gasteiger partial charge on any atom is -0.491 e. The van der Waals surface area contributed by atoms with Gasteiger partial charge in [0.15, 0.2) is 5.75 Å². The van der Waals surface area contributed by atoms with Gasteiger partial charge in [-0.1, -0.05) is 63.6 Å². The van der Waals surface area contributed by atoms with Crippen LogP contribution in [0.2, 0.25) is 41.0 Å². The largest absolute Gasteiger partial charge is 0.491 e. The quantitative estimate of drug-likeness (QED) is 0.108. The lowest BCUT2D eigenvalue weighted by Crippen LogP contribution is -2.46. The number of hydrogen-bond donors (Lipinski definition) is 2. The van der Waals surface area contributed by atoms with Crippen molar-refractivity contribution in [3.05, 3.63) is 61.8 Å². The molecule has 1 atom stereocenters. The van der Waals surface area contributed by atoms with E-state index in [0.29, 0.717) is 55.4 Å². The van der Waals surface area contributed by atoms with Crippen LogP contribution in [0, 0.1) is 5.41 Å². The first-order valence-electron chi connectivity index (χ1n) is 18.4. The zero-order valence-electron chi connectivity index (χ0n) is 33.3. The van der Waals surface area contributed by atoms with Crippen LogP contribution in [0.4, 0.5) is 11.5 Å². The highest BCUT2D eigenvalue weighted by Gasteiger charge is 2.30. The Kier molecular flexibility index (Phi) is 12.7. The maximum atomic E-state index is 14.2. The van der Waals surface area contributed by atoms with Crippen LogP contribution in [0.1, 0.15) is 58.3 Å². The normalized spacial score (nSPS) is 15.4. The van der Waals surface area contributed by atoms with Crippen molar-refractivity contribution in [2.24, 2.45) is 12.5 Å². The predicted molar refractivity (Wildman–Crippen MR) is 225 cm³/mol. The van der Waals surface area contributed by atoms with Gasteiger partial charge in [0, 0.05) is 45.0 Å². The molecule has 2 N–H and O–H groups in total. The van der Waals surface area contributed by atoms with E-state index in [0.717, 1.165) is 6.04 Å². The summed E-state index contributed by atoms with van der Waals surface area (Å²) >= 11 is 19.9. The average Bonchev–Trinajstić information content (AvgIpc) is 3.41. The highest BCUT2D eigenvalue weighted by atomic mass is 35.5. The molecule has 0 radical (unpaired) electrons. The summed E-state index contributed by atoms with van der Waals surface area (Å²) < 4.78 is 14.6. The maximum Gasteiger partial charge on any atom is 0.264 e. The van der Waals surface area contributed by atoms with Crippen molar-refractivity contribution in [3.8, 4) is 16.9 Å². The second kappa shape index (κ2) is 16.5. The number of halogens is 3. The molecule has 0 bridgehead atoms. The van der Waals surface area contributed by atoms with Gasteiger partial charge in [0.1, 0.15) is 18.0 Å². The molecule has 4 heterocycles. The van der Waals surface area contributed by atoms with Gasteiger partial charge < -0.3 is 29.6 Å². The molecule has 2 amide bonds. The van der Waals surface area contributed by atoms with Gasteiger partial charge in [-0.3, -0.25) is 19.0 Å². The molecule has 0 aliphatic carbocycles. The van der Waals surface area contributed by atoms with Gasteiger partial charge in [0.2, 0.25) is 11.2 Å². The van der Waals surface area contributed by atoms with Gasteiger partial charge in [0.25, 0.3) is 11.5 Å². The first kappa shape index (κ1) is 42.5. The molecule has 16 heteroatoms. The lowest BCUT2D eigenvalue weighted by atomic mass is 9.81. The molecule has 1 saturated heterocycles. The molecule has 0 spiro atoms. The van der Waals surface area contributed by atoms with Gasteiger partial charge in [0.05, 0.1) is 58.7 Å². The minimum absolute atomic E-state index is 0.0538. The fourth-order valence-corrected chi connectivity index (χ4v) is 8.29. The molecular weight excluding hydrogens is 781 g/mol. The molecule has 4 aromatic rings. The number of aromatic nitrogens is 4. The second-order valence-electron chi connectivity index (χ2n) is 17.4. The maximum absolute atomic E-state index is 14.2. The van der Waals surface area contributed by atoms with E-state index < -0.39 is 25.1 Å². The summed E-state index contributed by atoms with van der Waals surface area (Å²) in [7, 11) is 0.0385. The summed E-state index contributed by atoms with van der Waals surface area (Å²) in [6, 6.07) is 6.03. The van der Waals surface area contributed by atoms with Crippen molar-refractivity contribution in [2.45, 2.75) is 91.8 Å². The lowest BCUT2D eigenvalue weighted by molar-refractivity contribution is -0.116. The Labute approximate surface area is 338 Å². The van der Waals surface area contributed by atoms with Crippen molar-refractivity contribution < 1.29 is 19.1 Å². The number of fused-ring (bicyclic) bond motifs is 1. The Morgan fingerprint density at radius 3 is 2.44 bits per heavy atom. The molecule has 3 aromatic heterocycles. The van der Waals surface area contributed by atoms with Crippen LogP contribution in [0.25, 0.3) is 22.2 Å². The van der Waals surface area contributed by atoms with Crippen molar-refractivity contribution in [2.75, 3.05) is 36.6 Å². The van der Waals surface area contributed by atoms with Gasteiger partial charge in [-0.05, 0) is 67.9 Å². The monoisotopic (exact) mass is 831 g/mol. The first-order chi connectivity index (χ1) is 25.5. The lowest BCUT2D eigenvalue weighted by Gasteiger charge is -2.34. The smallest absolute Gasteiger partial charge is 0.264 e. The zero-order chi connectivity index (χ0) is 40.6. The number of ether oxygens (including phenoxy) is 2. The molecule has 298 valence electrons. The number of morpholine rings is 1. The fraction of sp³-hybridized carbons (Fsp3) is 0.513. The van der Waals surface area contributed by atoms with Gasteiger partial charge in [-0.15, -0.1) is 0 Å². The van der Waals surface area contributed by atoms with Crippen LogP contribution in [0.15, 0.2) is 35.4 Å². The van der Waals surface area contributed by atoms with E-state index >= 15 is 0 Å². The van der Waals surface area contributed by atoms with Gasteiger partial charge in [-0.25, -0.2) is 9.97 Å². The molecule has 55 heavy (non-hydrogen) atoms. The standard InChI is InChI=1S/C39H52Cl3N7O5Si/c1-23-21-53-12-11-49(23)30-17-29(28(41)18-43-30)44-31(50)20-48-19-26(32-34(48)45-37(42)47(7)36(32)52)24-15-25(35(51)46-39(5,6)22-38(2,3)4)33(27(40)16-24)54-13-14-55(8,9)10/h15-19,23H,11-14,20-22H2,1-10H3,(H,46,51)(H,43,44,50)/t23-/m0/s1. The molecule has 12 nitrogen and oxygen atoms in total. The Morgan fingerprint density at radius 1 is 1.07 bits per heavy atom. The third kappa shape index (κ3) is 10.4. The number of anilines is 2. The average molecular weight is 833 g/mol. The minimum atomic E-state index is -1.48. The summed E-state index contributed by atoms with van der Waals surface area (Å²) in [6.07, 6.45) is 3.86. The number of nitrogens with zero attached hydrogens (tertiary/aromatic N) is 5. The van der Waals surface area contributed by atoms with E-state index in [-0.39, 0.29) is 61.6 Å². The third-order valence-electron chi connectivity index (χ3n) is 9.26. The summed E-state index contributed by atoms with van der Waals surface area (Å²) in [5, 5.41) is 6.70. The third-order valence-corrected chi connectivity index (χ3v) is 11.9. The van der Waals surface area contributed by atoms with Crippen molar-refractivity contribution in [1.82, 2.24) is 24.4 Å². The Bertz CT molecular complexity index is 2160. The number of carbonyl (C=O) groups excluding carboxylic acids is 2. The first-order valence-corrected chi connectivity index (χ1v) is 23.2. The highest BCUT2D eigenvalue weighted by molar-refractivity contribution is 6.76. The summed E-state index contributed by atoms with van der Waals surface area (Å²) in [5.41, 5.74) is 0.629. The number of amides is 2. The molecule has 1 aromatic carbocycles. The van der Waals surface area contributed by atoms with E-state index in [1.807, 2.05) is 20.8 Å². The molecular formula is C39H52Cl3N7O5Si. The molecule has 5 rings (SSSR count). The number of carbonyl (C=O) groups is 2. The number of pyridine rings is 1. The van der Waals surface area contributed by atoms with Crippen LogP contribution >= 0.6 is 34.8 Å².